The van der Waals surface area contributed by atoms with Crippen molar-refractivity contribution in [2.75, 3.05) is 19.6 Å². The van der Waals surface area contributed by atoms with E-state index in [1.165, 1.54) is 18.4 Å². The van der Waals surface area contributed by atoms with Crippen molar-refractivity contribution < 1.29 is 4.42 Å². The molecule has 1 aliphatic carbocycles. The van der Waals surface area contributed by atoms with Crippen molar-refractivity contribution in [2.24, 2.45) is 5.92 Å². The Hall–Kier alpha value is -1.24. The van der Waals surface area contributed by atoms with Gasteiger partial charge in [0.2, 0.25) is 0 Å². The third-order valence-corrected chi connectivity index (χ3v) is 3.69. The zero-order chi connectivity index (χ0) is 14.4. The molecule has 0 saturated heterocycles. The SMILES string of the molecule is C#CCN(Cc1cc(C)c(CNCCC)o1)CC1CC1. The van der Waals surface area contributed by atoms with Gasteiger partial charge in [-0.1, -0.05) is 12.8 Å². The van der Waals surface area contributed by atoms with Crippen LogP contribution in [0.3, 0.4) is 0 Å². The second-order valence-corrected chi connectivity index (χ2v) is 5.81. The van der Waals surface area contributed by atoms with Crippen molar-refractivity contribution >= 4 is 0 Å². The summed E-state index contributed by atoms with van der Waals surface area (Å²) in [5, 5.41) is 3.39. The van der Waals surface area contributed by atoms with Crippen molar-refractivity contribution in [2.45, 2.75) is 46.2 Å². The third kappa shape index (κ3) is 4.70. The van der Waals surface area contributed by atoms with Crippen molar-refractivity contribution in [1.82, 2.24) is 10.2 Å². The first-order chi connectivity index (χ1) is 9.72. The largest absolute Gasteiger partial charge is 0.463 e. The molecule has 0 radical (unpaired) electrons. The maximum Gasteiger partial charge on any atom is 0.120 e. The van der Waals surface area contributed by atoms with Crippen LogP contribution >= 0.6 is 0 Å². The summed E-state index contributed by atoms with van der Waals surface area (Å²) >= 11 is 0. The number of nitrogens with zero attached hydrogens (tertiary/aromatic N) is 1. The standard InChI is InChI=1S/C17H26N2O/c1-4-8-18-11-17-14(3)10-16(20-17)13-19(9-5-2)12-15-6-7-15/h2,10,15,18H,4,6-9,11-13H2,1,3H3. The summed E-state index contributed by atoms with van der Waals surface area (Å²) in [6.45, 7) is 8.77. The van der Waals surface area contributed by atoms with Crippen LogP contribution in [0, 0.1) is 25.2 Å². The van der Waals surface area contributed by atoms with Crippen LogP contribution in [0.25, 0.3) is 0 Å². The highest BCUT2D eigenvalue weighted by atomic mass is 16.3. The highest BCUT2D eigenvalue weighted by Crippen LogP contribution is 2.30. The predicted octanol–water partition coefficient (Wildman–Crippen LogP) is 2.93. The molecule has 20 heavy (non-hydrogen) atoms. The van der Waals surface area contributed by atoms with E-state index in [4.69, 9.17) is 10.8 Å². The van der Waals surface area contributed by atoms with Crippen LogP contribution < -0.4 is 5.32 Å². The van der Waals surface area contributed by atoms with E-state index in [0.29, 0.717) is 6.54 Å². The fourth-order valence-electron chi connectivity index (χ4n) is 2.42. The summed E-state index contributed by atoms with van der Waals surface area (Å²) in [4.78, 5) is 2.32. The molecule has 1 N–H and O–H groups in total. The van der Waals surface area contributed by atoms with Gasteiger partial charge in [-0.25, -0.2) is 0 Å². The van der Waals surface area contributed by atoms with Crippen molar-refractivity contribution in [3.63, 3.8) is 0 Å². The van der Waals surface area contributed by atoms with Gasteiger partial charge in [-0.15, -0.1) is 6.42 Å². The molecule has 1 aliphatic rings. The van der Waals surface area contributed by atoms with Crippen molar-refractivity contribution in [3.05, 3.63) is 23.2 Å². The highest BCUT2D eigenvalue weighted by molar-refractivity contribution is 5.20. The molecule has 0 atom stereocenters. The molecule has 1 fully saturated rings. The quantitative estimate of drug-likeness (QED) is 0.554. The molecular weight excluding hydrogens is 248 g/mol. The zero-order valence-electron chi connectivity index (χ0n) is 12.7. The maximum absolute atomic E-state index is 5.97. The van der Waals surface area contributed by atoms with E-state index in [1.54, 1.807) is 0 Å². The van der Waals surface area contributed by atoms with Crippen LogP contribution in [0.2, 0.25) is 0 Å². The number of furan rings is 1. The highest BCUT2D eigenvalue weighted by Gasteiger charge is 2.24. The molecule has 0 spiro atoms. The van der Waals surface area contributed by atoms with Gasteiger partial charge in [-0.05, 0) is 50.3 Å². The van der Waals surface area contributed by atoms with Gasteiger partial charge in [0.1, 0.15) is 11.5 Å². The predicted molar refractivity (Wildman–Crippen MR) is 82.3 cm³/mol. The minimum Gasteiger partial charge on any atom is -0.463 e. The molecule has 2 rings (SSSR count). The van der Waals surface area contributed by atoms with Gasteiger partial charge in [0.25, 0.3) is 0 Å². The normalized spacial score (nSPS) is 14.7. The fourth-order valence-corrected chi connectivity index (χ4v) is 2.42. The summed E-state index contributed by atoms with van der Waals surface area (Å²) in [5.74, 6) is 5.70. The van der Waals surface area contributed by atoms with Gasteiger partial charge in [-0.2, -0.15) is 0 Å². The smallest absolute Gasteiger partial charge is 0.120 e. The van der Waals surface area contributed by atoms with E-state index < -0.39 is 0 Å². The molecular formula is C17H26N2O. The molecule has 0 amide bonds. The zero-order valence-corrected chi connectivity index (χ0v) is 12.7. The van der Waals surface area contributed by atoms with Crippen LogP contribution in [0.5, 0.6) is 0 Å². The minimum absolute atomic E-state index is 0.708. The Bertz CT molecular complexity index is 454. The number of hydrogen-bond acceptors (Lipinski definition) is 3. The third-order valence-electron chi connectivity index (χ3n) is 3.69. The van der Waals surface area contributed by atoms with E-state index in [9.17, 15) is 0 Å². The van der Waals surface area contributed by atoms with Gasteiger partial charge < -0.3 is 9.73 Å². The van der Waals surface area contributed by atoms with Crippen LogP contribution in [0.1, 0.15) is 43.3 Å². The van der Waals surface area contributed by atoms with E-state index in [2.05, 4.69) is 36.1 Å². The van der Waals surface area contributed by atoms with Gasteiger partial charge in [0, 0.05) is 6.54 Å². The van der Waals surface area contributed by atoms with E-state index >= 15 is 0 Å². The topological polar surface area (TPSA) is 28.4 Å². The summed E-state index contributed by atoms with van der Waals surface area (Å²) in [5.41, 5.74) is 1.23. The monoisotopic (exact) mass is 274 g/mol. The van der Waals surface area contributed by atoms with Crippen LogP contribution in [-0.2, 0) is 13.1 Å². The Morgan fingerprint density at radius 1 is 1.50 bits per heavy atom. The van der Waals surface area contributed by atoms with Crippen molar-refractivity contribution in [3.8, 4) is 12.3 Å². The lowest BCUT2D eigenvalue weighted by atomic mass is 10.2. The Balaban J connectivity index is 1.90. The van der Waals surface area contributed by atoms with Gasteiger partial charge in [0.15, 0.2) is 0 Å². The number of terminal acetylenes is 1. The first-order valence-corrected chi connectivity index (χ1v) is 7.67. The Labute approximate surface area is 122 Å². The molecule has 0 aromatic carbocycles. The minimum atomic E-state index is 0.708. The van der Waals surface area contributed by atoms with Crippen LogP contribution in [-0.4, -0.2) is 24.5 Å². The molecule has 1 heterocycles. The summed E-state index contributed by atoms with van der Waals surface area (Å²) in [7, 11) is 0. The summed E-state index contributed by atoms with van der Waals surface area (Å²) in [6.07, 6.45) is 9.31. The average Bonchev–Trinajstić information content (AvgIpc) is 3.15. The lowest BCUT2D eigenvalue weighted by molar-refractivity contribution is 0.258. The molecule has 0 aliphatic heterocycles. The number of nitrogens with one attached hydrogen (secondary N) is 1. The molecule has 110 valence electrons. The van der Waals surface area contributed by atoms with E-state index in [1.807, 2.05) is 0 Å². The Morgan fingerprint density at radius 3 is 2.95 bits per heavy atom. The molecule has 0 unspecified atom stereocenters. The summed E-state index contributed by atoms with van der Waals surface area (Å²) in [6, 6.07) is 2.15. The molecule has 3 heteroatoms. The van der Waals surface area contributed by atoms with Crippen molar-refractivity contribution in [1.29, 1.82) is 0 Å². The second-order valence-electron chi connectivity index (χ2n) is 5.81. The van der Waals surface area contributed by atoms with Gasteiger partial charge in [0.05, 0.1) is 19.6 Å². The molecule has 1 aromatic rings. The maximum atomic E-state index is 5.97. The van der Waals surface area contributed by atoms with Crippen LogP contribution in [0.4, 0.5) is 0 Å². The van der Waals surface area contributed by atoms with Crippen LogP contribution in [0.15, 0.2) is 10.5 Å². The molecule has 1 saturated carbocycles. The van der Waals surface area contributed by atoms with E-state index in [-0.39, 0.29) is 0 Å². The fraction of sp³-hybridized carbons (Fsp3) is 0.647. The number of aryl methyl sites for hydroxylation is 1. The summed E-state index contributed by atoms with van der Waals surface area (Å²) < 4.78 is 5.97. The molecule has 3 nitrogen and oxygen atoms in total. The lowest BCUT2D eigenvalue weighted by Crippen LogP contribution is -2.25. The first kappa shape index (κ1) is 15.2. The van der Waals surface area contributed by atoms with E-state index in [0.717, 1.165) is 50.0 Å². The first-order valence-electron chi connectivity index (χ1n) is 7.67. The lowest BCUT2D eigenvalue weighted by Gasteiger charge is -2.17. The Morgan fingerprint density at radius 2 is 2.30 bits per heavy atom. The molecule has 0 bridgehead atoms. The Kier molecular flexibility index (Phi) is 5.70. The number of rotatable bonds is 9. The average molecular weight is 274 g/mol. The molecule has 1 aromatic heterocycles. The number of hydrogen-bond donors (Lipinski definition) is 1. The van der Waals surface area contributed by atoms with Gasteiger partial charge in [-0.3, -0.25) is 4.90 Å². The second kappa shape index (κ2) is 7.52. The van der Waals surface area contributed by atoms with Gasteiger partial charge >= 0.3 is 0 Å².